The van der Waals surface area contributed by atoms with Crippen molar-refractivity contribution in [2.45, 2.75) is 162 Å². The predicted octanol–water partition coefficient (Wildman–Crippen LogP) is -2.42. The Morgan fingerprint density at radius 1 is 0.216 bits per heavy atom. The number of imidazole rings is 6. The number of hydrogen-bond acceptors (Lipinski definition) is 22. The molecule has 0 atom stereocenters. The summed E-state index contributed by atoms with van der Waals surface area (Å²) in [4.78, 5) is 196. The Balaban J connectivity index is 0.000000384. The molecular weight excluding hydrogens is 1980 g/mol. The van der Waals surface area contributed by atoms with Crippen molar-refractivity contribution >= 4 is 152 Å². The van der Waals surface area contributed by atoms with Crippen LogP contribution >= 0.6 is 37.2 Å². The molecule has 0 aliphatic carbocycles. The second-order valence-electron chi connectivity index (χ2n) is 35.8. The molecule has 0 spiro atoms. The summed E-state index contributed by atoms with van der Waals surface area (Å²) in [5.74, 6) is 4.30. The number of nitrogens with one attached hydrogen (secondary N) is 4. The molecule has 0 fully saturated rings. The van der Waals surface area contributed by atoms with E-state index in [1.54, 1.807) is 153 Å². The van der Waals surface area contributed by atoms with Gasteiger partial charge in [0.05, 0.1) is 0 Å². The molecule has 818 valence electrons. The molecule has 0 saturated heterocycles. The highest BCUT2D eigenvalue weighted by Crippen LogP contribution is 2.21. The van der Waals surface area contributed by atoms with E-state index < -0.39 is 5.69 Å². The van der Waals surface area contributed by atoms with E-state index in [1.807, 2.05) is 7.05 Å². The highest BCUT2D eigenvalue weighted by molar-refractivity contribution is 5.94. The lowest BCUT2D eigenvalue weighted by molar-refractivity contribution is 0.460. The van der Waals surface area contributed by atoms with Crippen molar-refractivity contribution < 1.29 is 0 Å². The van der Waals surface area contributed by atoms with Crippen molar-refractivity contribution in [2.75, 3.05) is 54.4 Å². The number of nitrogens with zero attached hydrogens (tertiary/aromatic N) is 32. The van der Waals surface area contributed by atoms with E-state index in [1.165, 1.54) is 69.7 Å². The van der Waals surface area contributed by atoms with Crippen molar-refractivity contribution in [1.29, 1.82) is 21.6 Å². The number of aromatic nitrogens is 24. The van der Waals surface area contributed by atoms with Crippen LogP contribution in [0.2, 0.25) is 0 Å². The van der Waals surface area contributed by atoms with E-state index in [9.17, 15) is 57.5 Å². The maximum absolute atomic E-state index is 12.5. The summed E-state index contributed by atoms with van der Waals surface area (Å²) >= 11 is 0. The van der Waals surface area contributed by atoms with Crippen LogP contribution in [-0.4, -0.2) is 234 Å². The normalized spacial score (nSPS) is 10.9. The lowest BCUT2D eigenvalue weighted by atomic mass is 10.1. The van der Waals surface area contributed by atoms with Crippen molar-refractivity contribution in [1.82, 2.24) is 132 Å². The molecule has 0 aromatic carbocycles. The summed E-state index contributed by atoms with van der Waals surface area (Å²) in [6, 6.07) is 0. The summed E-state index contributed by atoms with van der Waals surface area (Å²) in [5.41, 5.74) is 42.9. The molecule has 12 aromatic rings. The van der Waals surface area contributed by atoms with E-state index in [4.69, 9.17) is 67.5 Å². The minimum atomic E-state index is -0.396. The number of halogens is 3. The molecule has 148 heavy (non-hydrogen) atoms. The van der Waals surface area contributed by atoms with E-state index in [2.05, 4.69) is 49.9 Å². The van der Waals surface area contributed by atoms with Crippen molar-refractivity contribution in [3.63, 3.8) is 0 Å². The monoisotopic (exact) mass is 2130 g/mol. The largest absolute Gasteiger partial charge is 0.370 e. The number of fused-ring (bicyclic) bond motifs is 6. The Kier molecular flexibility index (Phi) is 46.3. The van der Waals surface area contributed by atoms with Crippen LogP contribution < -0.4 is 113 Å². The van der Waals surface area contributed by atoms with Crippen LogP contribution in [0.3, 0.4) is 0 Å². The van der Waals surface area contributed by atoms with Gasteiger partial charge in [-0.05, 0) is 64.2 Å². The van der Waals surface area contributed by atoms with Crippen LogP contribution in [0.1, 0.15) is 158 Å². The maximum atomic E-state index is 12.5. The molecule has 0 saturated carbocycles. The quantitative estimate of drug-likeness (QED) is 0.0116. The van der Waals surface area contributed by atoms with Crippen molar-refractivity contribution in [3.05, 3.63) is 160 Å². The molecule has 12 aromatic heterocycles. The smallest absolute Gasteiger partial charge is 0.332 e. The Labute approximate surface area is 869 Å². The molecular formula is C89H149Cl3N44O12. The van der Waals surface area contributed by atoms with Gasteiger partial charge in [0.25, 0.3) is 33.4 Å². The first-order valence-corrected chi connectivity index (χ1v) is 46.9. The average molecular weight is 2130 g/mol. The standard InChI is InChI=1S/C22H30N8O4.C18H31N9O2.C17H29N9O2.C16H27N9O2.C15H25N9O2.CH4.3ClH/c1-25-13(23-17-15(25)19(31)29(5)21(33)27(17)3)11-9-7-8-10-12-14-24-18-16(26(14)2)20(32)30(6)22(34)28(18)4;1-24(17(21)23-16(19)20)11-9-7-5-6-8-10-12-22-14-13(25(12)2)15(28)27(4)18(29)26(14)3;1-23(16(20)22-15(18)19)10-8-6-5-7-9-11-21-13-12(24(11)2)14(27)26(4)17(28)25(13)3;1-22(15(19)21-14(17)18)9-7-5-6-8-10-20-12-11(23(10)2)13(26)25(4)16(27)24(12)3;1-21(14(18)20-13(16)17)8-6-5-7-9-19-11-10(22(9)2)12(25)24(4)15(26)23(11)3;;;;/h7-12H2,1-6H3;5-11H2,1-4H3,(H5,19,20,21,23);5-10H2,1-4H3,(H5,18,19,20,22);5-9H2,1-4H3,(H5,17,18,19,21);5-8H2,1-4H3,(H5,16,17,18,20);1H4;3*1H. The number of aliphatic imine (C=N–C) groups is 4. The number of rotatable bonds is 33. The fourth-order valence-electron chi connectivity index (χ4n) is 16.5. The fourth-order valence-corrected chi connectivity index (χ4v) is 16.5. The van der Waals surface area contributed by atoms with E-state index >= 15 is 0 Å². The summed E-state index contributed by atoms with van der Waals surface area (Å²) < 4.78 is 25.6. The van der Waals surface area contributed by atoms with Gasteiger partial charge in [-0.25, -0.2) is 58.7 Å². The van der Waals surface area contributed by atoms with Gasteiger partial charge in [-0.2, -0.15) is 20.0 Å². The van der Waals surface area contributed by atoms with Crippen LogP contribution in [0.15, 0.2) is 77.5 Å². The lowest BCUT2D eigenvalue weighted by Gasteiger charge is -2.16. The van der Waals surface area contributed by atoms with Crippen LogP contribution in [-0.2, 0) is 165 Å². The molecule has 12 rings (SSSR count). The van der Waals surface area contributed by atoms with E-state index in [0.29, 0.717) is 112 Å². The van der Waals surface area contributed by atoms with Gasteiger partial charge in [0.2, 0.25) is 23.8 Å². The molecule has 0 amide bonds. The summed E-state index contributed by atoms with van der Waals surface area (Å²) in [7, 11) is 36.4. The highest BCUT2D eigenvalue weighted by Gasteiger charge is 2.25. The maximum Gasteiger partial charge on any atom is 0.332 e. The van der Waals surface area contributed by atoms with Crippen molar-refractivity contribution in [3.8, 4) is 0 Å². The van der Waals surface area contributed by atoms with Crippen LogP contribution in [0, 0.1) is 21.6 Å². The predicted molar refractivity (Wildman–Crippen MR) is 586 cm³/mol. The first kappa shape index (κ1) is 125. The van der Waals surface area contributed by atoms with Gasteiger partial charge in [0.15, 0.2) is 90.8 Å². The zero-order valence-electron chi connectivity index (χ0n) is 87.9. The topological polar surface area (TPSA) is 737 Å². The summed E-state index contributed by atoms with van der Waals surface area (Å²) in [6.07, 6.45) is 21.0. The molecule has 0 bridgehead atoms. The lowest BCUT2D eigenvalue weighted by Crippen LogP contribution is -2.37. The zero-order chi connectivity index (χ0) is 108. The number of hydrogen-bond donors (Lipinski definition) is 12. The molecule has 0 unspecified atom stereocenters. The average Bonchev–Trinajstić information content (AvgIpc) is 1.61. The third kappa shape index (κ3) is 28.9. The van der Waals surface area contributed by atoms with Gasteiger partial charge in [-0.15, -0.1) is 37.2 Å². The zero-order valence-corrected chi connectivity index (χ0v) is 90.3. The number of aryl methyl sites for hydroxylation is 18. The third-order valence-electron chi connectivity index (χ3n) is 25.4. The Morgan fingerprint density at radius 3 is 0.486 bits per heavy atom. The Hall–Kier alpha value is -15.3. The van der Waals surface area contributed by atoms with E-state index in [-0.39, 0.29) is 154 Å². The minimum Gasteiger partial charge on any atom is -0.370 e. The van der Waals surface area contributed by atoms with Crippen LogP contribution in [0.25, 0.3) is 67.0 Å². The number of unbranched alkanes of at least 4 members (excludes halogenated alkanes) is 13. The van der Waals surface area contributed by atoms with E-state index in [0.717, 1.165) is 197 Å². The number of nitrogens with two attached hydrogens (primary N) is 8. The van der Waals surface area contributed by atoms with Gasteiger partial charge in [-0.1, -0.05) is 58.8 Å². The first-order valence-electron chi connectivity index (χ1n) is 46.9. The summed E-state index contributed by atoms with van der Waals surface area (Å²) in [5, 5.41) is 30.8. The summed E-state index contributed by atoms with van der Waals surface area (Å²) in [6.45, 7) is 2.69. The van der Waals surface area contributed by atoms with Crippen LogP contribution in [0.4, 0.5) is 0 Å². The van der Waals surface area contributed by atoms with Gasteiger partial charge in [-0.3, -0.25) is 105 Å². The Bertz CT molecular complexity index is 7630. The molecule has 0 aliphatic rings. The molecule has 12 heterocycles. The van der Waals surface area contributed by atoms with Crippen LogP contribution in [0.5, 0.6) is 0 Å². The van der Waals surface area contributed by atoms with Gasteiger partial charge in [0.1, 0.15) is 34.9 Å². The fraction of sp³-hybridized carbons (Fsp3) is 0.573. The highest BCUT2D eigenvalue weighted by atomic mass is 35.5. The van der Waals surface area contributed by atoms with Gasteiger partial charge >= 0.3 is 34.1 Å². The second kappa shape index (κ2) is 54.8. The molecule has 0 aliphatic heterocycles. The number of guanidine groups is 8. The second-order valence-corrected chi connectivity index (χ2v) is 35.8. The molecule has 20 N–H and O–H groups in total. The van der Waals surface area contributed by atoms with Gasteiger partial charge < -0.3 is 92.9 Å². The van der Waals surface area contributed by atoms with Crippen molar-refractivity contribution in [2.24, 2.45) is 193 Å². The molecule has 59 heteroatoms. The SMILES string of the molecule is C.CN(CCCCCCCc1nc2c(c(=O)n(C)c(=O)n2C)n1C)C(=N)N=C(N)N.CN(CCCCCCc1nc2c(c(=O)n(C)c(=O)n2C)n1C)C(=N)N=C(N)N.CN(CCCCCc1nc2c(c(=O)n(C)c(=O)n2C)n1C)C(=N)N=C(N)N.CN(CCCCc1nc2c(c(=O)n(C)c(=O)n2C)n1C)C(=N)N=C(N)N.Cl.Cl.Cl.Cn1c(=O)c2c(nc(CCCCCCc3nc4c(c(=O)n(C)c(=O)n4C)n3C)n2C)n(C)c1=O. The molecule has 56 nitrogen and oxygen atoms in total. The minimum absolute atomic E-state index is 0. The van der Waals surface area contributed by atoms with Gasteiger partial charge in [0, 0.05) is 220 Å². The third-order valence-corrected chi connectivity index (χ3v) is 25.4. The Morgan fingerprint density at radius 2 is 0.338 bits per heavy atom. The molecule has 0 radical (unpaired) electrons. The first-order chi connectivity index (χ1) is 67.6.